The van der Waals surface area contributed by atoms with Crippen molar-refractivity contribution in [3.8, 4) is 5.75 Å². The SMILES string of the molecule is COc1cccc2c(=O)c(C(=O)Nc3cccc(C)c3)cn(C)c12. The largest absolute Gasteiger partial charge is 0.495 e. The molecule has 0 aliphatic carbocycles. The minimum absolute atomic E-state index is 0.0970. The molecular formula is C19H18N2O3. The zero-order valence-electron chi connectivity index (χ0n) is 13.8. The fourth-order valence-corrected chi connectivity index (χ4v) is 2.78. The van der Waals surface area contributed by atoms with Crippen molar-refractivity contribution in [1.82, 2.24) is 4.57 Å². The summed E-state index contributed by atoms with van der Waals surface area (Å²) < 4.78 is 7.05. The summed E-state index contributed by atoms with van der Waals surface area (Å²) in [7, 11) is 3.34. The number of carbonyl (C=O) groups excluding carboxylic acids is 1. The zero-order valence-corrected chi connectivity index (χ0v) is 13.8. The van der Waals surface area contributed by atoms with Crippen LogP contribution in [0.2, 0.25) is 0 Å². The molecule has 0 saturated heterocycles. The Hall–Kier alpha value is -3.08. The quantitative estimate of drug-likeness (QED) is 0.806. The molecule has 1 N–H and O–H groups in total. The number of hydrogen-bond acceptors (Lipinski definition) is 3. The molecule has 0 fully saturated rings. The molecule has 0 radical (unpaired) electrons. The number of fused-ring (bicyclic) bond motifs is 1. The number of carbonyl (C=O) groups is 1. The fourth-order valence-electron chi connectivity index (χ4n) is 2.78. The van der Waals surface area contributed by atoms with Crippen LogP contribution in [0.4, 0.5) is 5.69 Å². The van der Waals surface area contributed by atoms with E-state index >= 15 is 0 Å². The molecule has 0 aliphatic rings. The molecule has 1 amide bonds. The van der Waals surface area contributed by atoms with Gasteiger partial charge in [-0.25, -0.2) is 0 Å². The van der Waals surface area contributed by atoms with Gasteiger partial charge in [0.15, 0.2) is 0 Å². The van der Waals surface area contributed by atoms with Gasteiger partial charge in [-0.1, -0.05) is 18.2 Å². The number of rotatable bonds is 3. The summed E-state index contributed by atoms with van der Waals surface area (Å²) in [6.07, 6.45) is 1.54. The number of pyridine rings is 1. The maximum Gasteiger partial charge on any atom is 0.261 e. The third-order valence-electron chi connectivity index (χ3n) is 3.90. The van der Waals surface area contributed by atoms with E-state index < -0.39 is 5.91 Å². The Labute approximate surface area is 139 Å². The summed E-state index contributed by atoms with van der Waals surface area (Å²) in [6.45, 7) is 1.94. The van der Waals surface area contributed by atoms with Crippen molar-refractivity contribution < 1.29 is 9.53 Å². The second kappa shape index (κ2) is 6.20. The van der Waals surface area contributed by atoms with E-state index in [0.717, 1.165) is 5.56 Å². The maximum absolute atomic E-state index is 12.7. The van der Waals surface area contributed by atoms with Crippen molar-refractivity contribution >= 4 is 22.5 Å². The van der Waals surface area contributed by atoms with Crippen molar-refractivity contribution in [3.63, 3.8) is 0 Å². The van der Waals surface area contributed by atoms with E-state index in [-0.39, 0.29) is 11.0 Å². The lowest BCUT2D eigenvalue weighted by Gasteiger charge is -2.12. The monoisotopic (exact) mass is 322 g/mol. The third kappa shape index (κ3) is 2.76. The average Bonchev–Trinajstić information content (AvgIpc) is 2.57. The summed E-state index contributed by atoms with van der Waals surface area (Å²) in [5.41, 5.74) is 2.14. The highest BCUT2D eigenvalue weighted by Gasteiger charge is 2.16. The van der Waals surface area contributed by atoms with Crippen LogP contribution < -0.4 is 15.5 Å². The van der Waals surface area contributed by atoms with Crippen LogP contribution in [0.3, 0.4) is 0 Å². The van der Waals surface area contributed by atoms with Gasteiger partial charge in [-0.2, -0.15) is 0 Å². The van der Waals surface area contributed by atoms with Crippen molar-refractivity contribution in [1.29, 1.82) is 0 Å². The highest BCUT2D eigenvalue weighted by atomic mass is 16.5. The molecule has 1 aromatic heterocycles. The third-order valence-corrected chi connectivity index (χ3v) is 3.90. The molecule has 24 heavy (non-hydrogen) atoms. The first-order chi connectivity index (χ1) is 11.5. The summed E-state index contributed by atoms with van der Waals surface area (Å²) in [5, 5.41) is 3.23. The molecule has 3 aromatic rings. The molecule has 1 heterocycles. The van der Waals surface area contributed by atoms with Crippen LogP contribution in [0.25, 0.3) is 10.9 Å². The number of aromatic nitrogens is 1. The van der Waals surface area contributed by atoms with Crippen LogP contribution >= 0.6 is 0 Å². The number of benzene rings is 2. The predicted molar refractivity (Wildman–Crippen MR) is 94.9 cm³/mol. The number of ether oxygens (including phenoxy) is 1. The van der Waals surface area contributed by atoms with Gasteiger partial charge < -0.3 is 14.6 Å². The van der Waals surface area contributed by atoms with Crippen LogP contribution in [0.15, 0.2) is 53.5 Å². The lowest BCUT2D eigenvalue weighted by atomic mass is 10.1. The number of methoxy groups -OCH3 is 1. The number of aryl methyl sites for hydroxylation is 2. The lowest BCUT2D eigenvalue weighted by molar-refractivity contribution is 0.102. The molecule has 0 unspecified atom stereocenters. The van der Waals surface area contributed by atoms with Gasteiger partial charge in [-0.15, -0.1) is 0 Å². The van der Waals surface area contributed by atoms with E-state index in [0.29, 0.717) is 22.3 Å². The Kier molecular flexibility index (Phi) is 4.08. The summed E-state index contributed by atoms with van der Waals surface area (Å²) in [5.74, 6) is 0.170. The highest BCUT2D eigenvalue weighted by Crippen LogP contribution is 2.23. The van der Waals surface area contributed by atoms with Gasteiger partial charge in [-0.05, 0) is 36.8 Å². The number of nitrogens with zero attached hydrogens (tertiary/aromatic N) is 1. The molecule has 0 spiro atoms. The molecule has 122 valence electrons. The van der Waals surface area contributed by atoms with Gasteiger partial charge in [0.05, 0.1) is 18.0 Å². The topological polar surface area (TPSA) is 60.3 Å². The minimum Gasteiger partial charge on any atom is -0.495 e. The van der Waals surface area contributed by atoms with Crippen molar-refractivity contribution in [2.45, 2.75) is 6.92 Å². The Bertz CT molecular complexity index is 990. The summed E-state index contributed by atoms with van der Waals surface area (Å²) in [6, 6.07) is 12.7. The zero-order chi connectivity index (χ0) is 17.3. The Morgan fingerprint density at radius 1 is 1.17 bits per heavy atom. The number of anilines is 1. The van der Waals surface area contributed by atoms with Gasteiger partial charge in [0.25, 0.3) is 5.91 Å². The standard InChI is InChI=1S/C19H18N2O3/c1-12-6-4-7-13(10-12)20-19(23)15-11-21(2)17-14(18(15)22)8-5-9-16(17)24-3/h4-11H,1-3H3,(H,20,23). The van der Waals surface area contributed by atoms with E-state index in [1.807, 2.05) is 25.1 Å². The Morgan fingerprint density at radius 2 is 1.92 bits per heavy atom. The van der Waals surface area contributed by atoms with E-state index in [1.165, 1.54) is 6.20 Å². The van der Waals surface area contributed by atoms with Gasteiger partial charge in [0.2, 0.25) is 5.43 Å². The first kappa shape index (κ1) is 15.8. The van der Waals surface area contributed by atoms with Crippen molar-refractivity contribution in [2.75, 3.05) is 12.4 Å². The smallest absolute Gasteiger partial charge is 0.261 e. The van der Waals surface area contributed by atoms with Crippen LogP contribution in [0, 0.1) is 6.92 Å². The second-order valence-electron chi connectivity index (χ2n) is 5.66. The van der Waals surface area contributed by atoms with Crippen molar-refractivity contribution in [3.05, 3.63) is 70.0 Å². The van der Waals surface area contributed by atoms with Crippen LogP contribution in [0.1, 0.15) is 15.9 Å². The average molecular weight is 322 g/mol. The fraction of sp³-hybridized carbons (Fsp3) is 0.158. The highest BCUT2D eigenvalue weighted by molar-refractivity contribution is 6.06. The Balaban J connectivity index is 2.09. The molecule has 0 bridgehead atoms. The normalized spacial score (nSPS) is 10.6. The van der Waals surface area contributed by atoms with E-state index in [1.54, 1.807) is 43.0 Å². The van der Waals surface area contributed by atoms with Crippen molar-refractivity contribution in [2.24, 2.45) is 7.05 Å². The molecule has 5 heteroatoms. The molecule has 5 nitrogen and oxygen atoms in total. The predicted octanol–water partition coefficient (Wildman–Crippen LogP) is 3.11. The van der Waals surface area contributed by atoms with Gasteiger partial charge >= 0.3 is 0 Å². The number of amides is 1. The number of para-hydroxylation sites is 1. The number of hydrogen-bond donors (Lipinski definition) is 1. The van der Waals surface area contributed by atoms with Gasteiger partial charge in [-0.3, -0.25) is 9.59 Å². The Morgan fingerprint density at radius 3 is 2.62 bits per heavy atom. The number of nitrogens with one attached hydrogen (secondary N) is 1. The van der Waals surface area contributed by atoms with Crippen LogP contribution in [-0.2, 0) is 7.05 Å². The lowest BCUT2D eigenvalue weighted by Crippen LogP contribution is -2.23. The first-order valence-corrected chi connectivity index (χ1v) is 7.55. The van der Waals surface area contributed by atoms with E-state index in [4.69, 9.17) is 4.74 Å². The minimum atomic E-state index is -0.425. The van der Waals surface area contributed by atoms with Crippen LogP contribution in [-0.4, -0.2) is 17.6 Å². The first-order valence-electron chi connectivity index (χ1n) is 7.55. The summed E-state index contributed by atoms with van der Waals surface area (Å²) >= 11 is 0. The van der Waals surface area contributed by atoms with E-state index in [2.05, 4.69) is 5.32 Å². The maximum atomic E-state index is 12.7. The molecule has 3 rings (SSSR count). The van der Waals surface area contributed by atoms with Crippen LogP contribution in [0.5, 0.6) is 5.75 Å². The molecule has 0 saturated carbocycles. The molecule has 2 aromatic carbocycles. The van der Waals surface area contributed by atoms with E-state index in [9.17, 15) is 9.59 Å². The molecule has 0 aliphatic heterocycles. The summed E-state index contributed by atoms with van der Waals surface area (Å²) in [4.78, 5) is 25.3. The van der Waals surface area contributed by atoms with Gasteiger partial charge in [0, 0.05) is 18.9 Å². The second-order valence-corrected chi connectivity index (χ2v) is 5.66. The van der Waals surface area contributed by atoms with Gasteiger partial charge in [0.1, 0.15) is 11.3 Å². The molecular weight excluding hydrogens is 304 g/mol. The molecule has 0 atom stereocenters.